The summed E-state index contributed by atoms with van der Waals surface area (Å²) in [5.41, 5.74) is -0.0324. The van der Waals surface area contributed by atoms with Crippen molar-refractivity contribution in [2.75, 3.05) is 6.61 Å². The van der Waals surface area contributed by atoms with Crippen LogP contribution in [0, 0.1) is 10.1 Å². The van der Waals surface area contributed by atoms with Crippen LogP contribution in [0.2, 0.25) is 0 Å². The highest BCUT2D eigenvalue weighted by Crippen LogP contribution is 2.36. The lowest BCUT2D eigenvalue weighted by atomic mass is 10.1. The van der Waals surface area contributed by atoms with Gasteiger partial charge in [0.15, 0.2) is 24.0 Å². The fraction of sp³-hybridized carbons (Fsp3) is 0.471. The van der Waals surface area contributed by atoms with Crippen molar-refractivity contribution in [2.45, 2.75) is 45.3 Å². The number of fused-ring (bicyclic) bond motifs is 1. The van der Waals surface area contributed by atoms with Crippen LogP contribution in [-0.4, -0.2) is 62.7 Å². The Labute approximate surface area is 169 Å². The van der Waals surface area contributed by atoms with Crippen LogP contribution in [0.1, 0.15) is 27.0 Å². The number of aromatic nitrogens is 3. The summed E-state index contributed by atoms with van der Waals surface area (Å²) in [6.07, 6.45) is -4.42. The van der Waals surface area contributed by atoms with Gasteiger partial charge >= 0.3 is 17.9 Å². The van der Waals surface area contributed by atoms with E-state index in [1.54, 1.807) is 0 Å². The molecule has 0 spiro atoms. The van der Waals surface area contributed by atoms with Crippen molar-refractivity contribution in [1.29, 1.82) is 0 Å². The Balaban J connectivity index is 2.04. The molecule has 1 fully saturated rings. The monoisotopic (exact) mass is 422 g/mol. The molecule has 0 radical (unpaired) electrons. The standard InChI is InChI=1S/C17H18N4O9/c1-8(22)27-7-13-15(28-9(2)23)16(29-10(3)24)17(30-13)20-11-5-4-6-12(21(25)26)14(11)18-19-20/h4-6,13,15-17H,7H2,1-3H3/t13?,15-,16-,17-/m1/s1. The second-order valence-electron chi connectivity index (χ2n) is 6.45. The first-order valence-electron chi connectivity index (χ1n) is 8.80. The van der Waals surface area contributed by atoms with Gasteiger partial charge in [-0.1, -0.05) is 11.3 Å². The van der Waals surface area contributed by atoms with Crippen molar-refractivity contribution in [3.8, 4) is 0 Å². The van der Waals surface area contributed by atoms with E-state index in [9.17, 15) is 24.5 Å². The normalized spacial score (nSPS) is 23.2. The minimum Gasteiger partial charge on any atom is -0.463 e. The Morgan fingerprint density at radius 3 is 2.40 bits per heavy atom. The summed E-state index contributed by atoms with van der Waals surface area (Å²) < 4.78 is 22.6. The first-order chi connectivity index (χ1) is 14.2. The van der Waals surface area contributed by atoms with Gasteiger partial charge in [-0.3, -0.25) is 24.5 Å². The molecule has 0 amide bonds. The zero-order chi connectivity index (χ0) is 22.0. The van der Waals surface area contributed by atoms with Gasteiger partial charge in [-0.2, -0.15) is 0 Å². The van der Waals surface area contributed by atoms with Gasteiger partial charge in [0.25, 0.3) is 5.69 Å². The molecular weight excluding hydrogens is 404 g/mol. The number of hydrogen-bond acceptors (Lipinski definition) is 11. The number of non-ortho nitro benzene ring substituents is 1. The highest BCUT2D eigenvalue weighted by molar-refractivity contribution is 5.84. The van der Waals surface area contributed by atoms with E-state index in [0.717, 1.165) is 13.8 Å². The van der Waals surface area contributed by atoms with E-state index in [0.29, 0.717) is 0 Å². The molecule has 13 nitrogen and oxygen atoms in total. The average Bonchev–Trinajstić information content (AvgIpc) is 3.21. The van der Waals surface area contributed by atoms with Crippen molar-refractivity contribution >= 4 is 34.6 Å². The summed E-state index contributed by atoms with van der Waals surface area (Å²) in [5, 5.41) is 19.0. The molecule has 1 aromatic heterocycles. The molecule has 1 aromatic carbocycles. The number of esters is 3. The van der Waals surface area contributed by atoms with E-state index in [1.807, 2.05) is 0 Å². The summed E-state index contributed by atoms with van der Waals surface area (Å²) >= 11 is 0. The quantitative estimate of drug-likeness (QED) is 0.278. The molecule has 1 aliphatic heterocycles. The number of ether oxygens (including phenoxy) is 4. The minimum absolute atomic E-state index is 0.000136. The van der Waals surface area contributed by atoms with Crippen molar-refractivity contribution in [3.05, 3.63) is 28.3 Å². The van der Waals surface area contributed by atoms with E-state index in [4.69, 9.17) is 18.9 Å². The number of benzene rings is 1. The number of carbonyl (C=O) groups is 3. The molecule has 30 heavy (non-hydrogen) atoms. The Bertz CT molecular complexity index is 1000. The predicted octanol–water partition coefficient (Wildman–Crippen LogP) is 0.663. The summed E-state index contributed by atoms with van der Waals surface area (Å²) in [4.78, 5) is 45.2. The first kappa shape index (κ1) is 21.1. The number of rotatable bonds is 6. The summed E-state index contributed by atoms with van der Waals surface area (Å²) in [6.45, 7) is 3.23. The zero-order valence-electron chi connectivity index (χ0n) is 16.2. The maximum absolute atomic E-state index is 11.7. The molecule has 13 heteroatoms. The van der Waals surface area contributed by atoms with Crippen molar-refractivity contribution in [1.82, 2.24) is 15.0 Å². The van der Waals surface area contributed by atoms with Crippen LogP contribution in [0.15, 0.2) is 18.2 Å². The molecule has 2 aromatic rings. The Hall–Kier alpha value is -3.61. The fourth-order valence-corrected chi connectivity index (χ4v) is 3.17. The SMILES string of the molecule is CC(=O)OCC1O[C@@H](n2nnc3c([N+](=O)[O-])cccc32)[C@H](OC(C)=O)[C@@H]1OC(C)=O. The van der Waals surface area contributed by atoms with Crippen LogP contribution >= 0.6 is 0 Å². The highest BCUT2D eigenvalue weighted by atomic mass is 16.7. The second-order valence-corrected chi connectivity index (χ2v) is 6.45. The lowest BCUT2D eigenvalue weighted by molar-refractivity contribution is -0.383. The van der Waals surface area contributed by atoms with Gasteiger partial charge < -0.3 is 18.9 Å². The largest absolute Gasteiger partial charge is 0.463 e. The molecule has 1 aliphatic rings. The van der Waals surface area contributed by atoms with Crippen molar-refractivity contribution in [2.24, 2.45) is 0 Å². The van der Waals surface area contributed by atoms with Crippen LogP contribution in [0.3, 0.4) is 0 Å². The van der Waals surface area contributed by atoms with Gasteiger partial charge in [0.05, 0.1) is 10.4 Å². The maximum atomic E-state index is 11.7. The Morgan fingerprint density at radius 2 is 1.80 bits per heavy atom. The third-order valence-electron chi connectivity index (χ3n) is 4.26. The van der Waals surface area contributed by atoms with Crippen LogP contribution < -0.4 is 0 Å². The van der Waals surface area contributed by atoms with Crippen LogP contribution in [-0.2, 0) is 33.3 Å². The Morgan fingerprint density at radius 1 is 1.13 bits per heavy atom. The van der Waals surface area contributed by atoms with Crippen LogP contribution in [0.25, 0.3) is 11.0 Å². The topological polar surface area (TPSA) is 162 Å². The minimum atomic E-state index is -1.17. The van der Waals surface area contributed by atoms with Gasteiger partial charge in [0.1, 0.15) is 12.7 Å². The molecular formula is C17H18N4O9. The van der Waals surface area contributed by atoms with Crippen molar-refractivity contribution in [3.63, 3.8) is 0 Å². The smallest absolute Gasteiger partial charge is 0.303 e. The molecule has 0 bridgehead atoms. The number of nitrogens with zero attached hydrogens (tertiary/aromatic N) is 4. The summed E-state index contributed by atoms with van der Waals surface area (Å²) in [5.74, 6) is -1.95. The lowest BCUT2D eigenvalue weighted by Crippen LogP contribution is -2.40. The van der Waals surface area contributed by atoms with E-state index < -0.39 is 47.4 Å². The van der Waals surface area contributed by atoms with Crippen LogP contribution in [0.4, 0.5) is 5.69 Å². The molecule has 0 N–H and O–H groups in total. The number of carbonyl (C=O) groups excluding carboxylic acids is 3. The summed E-state index contributed by atoms with van der Waals surface area (Å²) in [7, 11) is 0. The van der Waals surface area contributed by atoms with Crippen LogP contribution in [0.5, 0.6) is 0 Å². The van der Waals surface area contributed by atoms with Gasteiger partial charge in [0.2, 0.25) is 0 Å². The predicted molar refractivity (Wildman–Crippen MR) is 95.8 cm³/mol. The molecule has 1 unspecified atom stereocenters. The summed E-state index contributed by atoms with van der Waals surface area (Å²) in [6, 6.07) is 4.23. The van der Waals surface area contributed by atoms with Gasteiger partial charge in [0, 0.05) is 26.8 Å². The highest BCUT2D eigenvalue weighted by Gasteiger charge is 2.51. The van der Waals surface area contributed by atoms with E-state index in [1.165, 1.54) is 29.8 Å². The number of nitro groups is 1. The number of hydrogen-bond donors (Lipinski definition) is 0. The van der Waals surface area contributed by atoms with E-state index >= 15 is 0 Å². The van der Waals surface area contributed by atoms with Gasteiger partial charge in [-0.25, -0.2) is 4.68 Å². The molecule has 4 atom stereocenters. The molecule has 2 heterocycles. The second kappa shape index (κ2) is 8.41. The zero-order valence-corrected chi connectivity index (χ0v) is 16.2. The lowest BCUT2D eigenvalue weighted by Gasteiger charge is -2.23. The van der Waals surface area contributed by atoms with E-state index in [2.05, 4.69) is 10.3 Å². The molecule has 0 aliphatic carbocycles. The Kier molecular flexibility index (Phi) is 5.91. The number of nitro benzene ring substituents is 1. The van der Waals surface area contributed by atoms with Crippen molar-refractivity contribution < 1.29 is 38.3 Å². The first-order valence-corrected chi connectivity index (χ1v) is 8.80. The molecule has 0 saturated carbocycles. The molecule has 3 rings (SSSR count). The van der Waals surface area contributed by atoms with Gasteiger partial charge in [-0.15, -0.1) is 5.10 Å². The molecule has 1 saturated heterocycles. The maximum Gasteiger partial charge on any atom is 0.303 e. The third kappa shape index (κ3) is 4.20. The average molecular weight is 422 g/mol. The molecule has 160 valence electrons. The fourth-order valence-electron chi connectivity index (χ4n) is 3.17. The van der Waals surface area contributed by atoms with E-state index in [-0.39, 0.29) is 23.3 Å². The van der Waals surface area contributed by atoms with Gasteiger partial charge in [-0.05, 0) is 6.07 Å². The third-order valence-corrected chi connectivity index (χ3v) is 4.26.